The lowest BCUT2D eigenvalue weighted by atomic mass is 9.97. The van der Waals surface area contributed by atoms with E-state index in [4.69, 9.17) is 5.73 Å². The Morgan fingerprint density at radius 3 is 2.50 bits per heavy atom. The van der Waals surface area contributed by atoms with Crippen LogP contribution in [0.25, 0.3) is 0 Å². The molecule has 2 atom stereocenters. The summed E-state index contributed by atoms with van der Waals surface area (Å²) in [6.45, 7) is 5.48. The summed E-state index contributed by atoms with van der Waals surface area (Å²) in [6, 6.07) is 0.379. The fraction of sp³-hybridized carbons (Fsp3) is 1.00. The van der Waals surface area contributed by atoms with Crippen molar-refractivity contribution in [3.8, 4) is 0 Å². The predicted octanol–water partition coefficient (Wildman–Crippen LogP) is 1.75. The van der Waals surface area contributed by atoms with Gasteiger partial charge in [-0.05, 0) is 25.9 Å². The number of hydrogen-bond donors (Lipinski definition) is 2. The molecule has 0 saturated carbocycles. The molecule has 12 heavy (non-hydrogen) atoms. The van der Waals surface area contributed by atoms with Crippen molar-refractivity contribution in [3.63, 3.8) is 0 Å². The SMILES string of the molecule is CCCCCC(N)C(C)CNC. The minimum atomic E-state index is 0.379. The van der Waals surface area contributed by atoms with Gasteiger partial charge < -0.3 is 11.1 Å². The summed E-state index contributed by atoms with van der Waals surface area (Å²) in [5.74, 6) is 0.604. The van der Waals surface area contributed by atoms with Crippen LogP contribution >= 0.6 is 0 Å². The predicted molar refractivity (Wildman–Crippen MR) is 55.2 cm³/mol. The van der Waals surface area contributed by atoms with Gasteiger partial charge in [0.05, 0.1) is 0 Å². The lowest BCUT2D eigenvalue weighted by Crippen LogP contribution is -2.34. The Kier molecular flexibility index (Phi) is 7.51. The van der Waals surface area contributed by atoms with Crippen LogP contribution in [0.4, 0.5) is 0 Å². The molecule has 0 aliphatic heterocycles. The summed E-state index contributed by atoms with van der Waals surface area (Å²) in [7, 11) is 1.98. The minimum Gasteiger partial charge on any atom is -0.327 e. The molecule has 0 aliphatic rings. The van der Waals surface area contributed by atoms with Crippen LogP contribution in [-0.2, 0) is 0 Å². The van der Waals surface area contributed by atoms with E-state index >= 15 is 0 Å². The normalized spacial score (nSPS) is 16.0. The maximum Gasteiger partial charge on any atom is 0.00766 e. The highest BCUT2D eigenvalue weighted by Crippen LogP contribution is 2.08. The van der Waals surface area contributed by atoms with Gasteiger partial charge in [-0.3, -0.25) is 0 Å². The number of rotatable bonds is 7. The van der Waals surface area contributed by atoms with Gasteiger partial charge >= 0.3 is 0 Å². The molecule has 0 heterocycles. The molecule has 2 nitrogen and oxygen atoms in total. The number of nitrogens with one attached hydrogen (secondary N) is 1. The first kappa shape index (κ1) is 11.9. The van der Waals surface area contributed by atoms with E-state index in [-0.39, 0.29) is 0 Å². The van der Waals surface area contributed by atoms with Gasteiger partial charge in [-0.25, -0.2) is 0 Å². The molecule has 2 unspecified atom stereocenters. The van der Waals surface area contributed by atoms with E-state index in [0.717, 1.165) is 6.54 Å². The van der Waals surface area contributed by atoms with Crippen LogP contribution in [0.15, 0.2) is 0 Å². The average molecular weight is 172 g/mol. The topological polar surface area (TPSA) is 38.0 Å². The second-order valence-corrected chi connectivity index (χ2v) is 3.69. The van der Waals surface area contributed by atoms with Gasteiger partial charge in [-0.15, -0.1) is 0 Å². The van der Waals surface area contributed by atoms with Gasteiger partial charge in [0.25, 0.3) is 0 Å². The van der Waals surface area contributed by atoms with Crippen molar-refractivity contribution >= 4 is 0 Å². The minimum absolute atomic E-state index is 0.379. The molecule has 0 spiro atoms. The summed E-state index contributed by atoms with van der Waals surface area (Å²) in [5.41, 5.74) is 6.00. The standard InChI is InChI=1S/C10H24N2/c1-4-5-6-7-10(11)9(2)8-12-3/h9-10,12H,4-8,11H2,1-3H3. The van der Waals surface area contributed by atoms with Crippen molar-refractivity contribution in [2.24, 2.45) is 11.7 Å². The zero-order valence-electron chi connectivity index (χ0n) is 8.77. The molecule has 0 fully saturated rings. The van der Waals surface area contributed by atoms with Crippen molar-refractivity contribution in [3.05, 3.63) is 0 Å². The highest BCUT2D eigenvalue weighted by molar-refractivity contribution is 4.70. The monoisotopic (exact) mass is 172 g/mol. The third-order valence-corrected chi connectivity index (χ3v) is 2.40. The molecule has 0 bridgehead atoms. The summed E-state index contributed by atoms with van der Waals surface area (Å²) in [6.07, 6.45) is 5.06. The quantitative estimate of drug-likeness (QED) is 0.574. The average Bonchev–Trinajstić information content (AvgIpc) is 2.05. The van der Waals surface area contributed by atoms with Gasteiger partial charge in [-0.1, -0.05) is 33.1 Å². The lowest BCUT2D eigenvalue weighted by Gasteiger charge is -2.19. The maximum atomic E-state index is 6.00. The van der Waals surface area contributed by atoms with Crippen LogP contribution in [0.1, 0.15) is 39.5 Å². The van der Waals surface area contributed by atoms with Crippen LogP contribution in [-0.4, -0.2) is 19.6 Å². The van der Waals surface area contributed by atoms with Crippen molar-refractivity contribution in [2.45, 2.75) is 45.6 Å². The summed E-state index contributed by atoms with van der Waals surface area (Å²) >= 11 is 0. The van der Waals surface area contributed by atoms with Crippen LogP contribution in [0.5, 0.6) is 0 Å². The Labute approximate surface area is 76.9 Å². The van der Waals surface area contributed by atoms with Crippen molar-refractivity contribution in [2.75, 3.05) is 13.6 Å². The van der Waals surface area contributed by atoms with Gasteiger partial charge in [0, 0.05) is 6.04 Å². The van der Waals surface area contributed by atoms with E-state index in [1.807, 2.05) is 7.05 Å². The molecule has 0 rings (SSSR count). The Hall–Kier alpha value is -0.0800. The van der Waals surface area contributed by atoms with E-state index in [2.05, 4.69) is 19.2 Å². The Morgan fingerprint density at radius 1 is 1.33 bits per heavy atom. The fourth-order valence-electron chi connectivity index (χ4n) is 1.39. The summed E-state index contributed by atoms with van der Waals surface area (Å²) in [5, 5.41) is 3.16. The Balaban J connectivity index is 3.35. The highest BCUT2D eigenvalue weighted by atomic mass is 14.8. The fourth-order valence-corrected chi connectivity index (χ4v) is 1.39. The molecule has 2 heteroatoms. The van der Waals surface area contributed by atoms with Crippen LogP contribution in [0.2, 0.25) is 0 Å². The zero-order valence-corrected chi connectivity index (χ0v) is 8.77. The lowest BCUT2D eigenvalue weighted by molar-refractivity contribution is 0.404. The molecule has 0 aromatic rings. The first-order valence-corrected chi connectivity index (χ1v) is 5.12. The Morgan fingerprint density at radius 2 is 2.00 bits per heavy atom. The van der Waals surface area contributed by atoms with E-state index in [9.17, 15) is 0 Å². The molecule has 0 aliphatic carbocycles. The molecule has 0 radical (unpaired) electrons. The van der Waals surface area contributed by atoms with Crippen molar-refractivity contribution in [1.29, 1.82) is 0 Å². The first-order chi connectivity index (χ1) is 5.72. The van der Waals surface area contributed by atoms with Gasteiger partial charge in [0.15, 0.2) is 0 Å². The molecule has 3 N–H and O–H groups in total. The van der Waals surface area contributed by atoms with Gasteiger partial charge in [-0.2, -0.15) is 0 Å². The first-order valence-electron chi connectivity index (χ1n) is 5.12. The van der Waals surface area contributed by atoms with Gasteiger partial charge in [0.1, 0.15) is 0 Å². The van der Waals surface area contributed by atoms with Gasteiger partial charge in [0.2, 0.25) is 0 Å². The third kappa shape index (κ3) is 5.56. The molecular weight excluding hydrogens is 148 g/mol. The molecule has 0 aromatic heterocycles. The number of unbranched alkanes of at least 4 members (excludes halogenated alkanes) is 2. The smallest absolute Gasteiger partial charge is 0.00766 e. The zero-order chi connectivity index (χ0) is 9.40. The summed E-state index contributed by atoms with van der Waals surface area (Å²) in [4.78, 5) is 0. The molecule has 74 valence electrons. The number of nitrogens with two attached hydrogens (primary N) is 1. The van der Waals surface area contributed by atoms with E-state index in [1.54, 1.807) is 0 Å². The summed E-state index contributed by atoms with van der Waals surface area (Å²) < 4.78 is 0. The van der Waals surface area contributed by atoms with E-state index in [0.29, 0.717) is 12.0 Å². The van der Waals surface area contributed by atoms with Crippen LogP contribution in [0, 0.1) is 5.92 Å². The highest BCUT2D eigenvalue weighted by Gasteiger charge is 2.10. The van der Waals surface area contributed by atoms with Crippen molar-refractivity contribution in [1.82, 2.24) is 5.32 Å². The second kappa shape index (κ2) is 7.56. The molecular formula is C10H24N2. The molecule has 0 amide bonds. The largest absolute Gasteiger partial charge is 0.327 e. The maximum absolute atomic E-state index is 6.00. The van der Waals surface area contributed by atoms with Crippen molar-refractivity contribution < 1.29 is 0 Å². The third-order valence-electron chi connectivity index (χ3n) is 2.40. The van der Waals surface area contributed by atoms with E-state index in [1.165, 1.54) is 25.7 Å². The Bertz CT molecular complexity index is 93.8. The molecule has 0 aromatic carbocycles. The number of hydrogen-bond acceptors (Lipinski definition) is 2. The van der Waals surface area contributed by atoms with Crippen LogP contribution < -0.4 is 11.1 Å². The second-order valence-electron chi connectivity index (χ2n) is 3.69. The van der Waals surface area contributed by atoms with Crippen LogP contribution in [0.3, 0.4) is 0 Å². The molecule has 0 saturated heterocycles. The van der Waals surface area contributed by atoms with E-state index < -0.39 is 0 Å².